The van der Waals surface area contributed by atoms with Crippen LogP contribution in [-0.4, -0.2) is 59.3 Å². The number of piperazine rings is 1. The Morgan fingerprint density at radius 3 is 2.42 bits per heavy atom. The van der Waals surface area contributed by atoms with Gasteiger partial charge in [0.15, 0.2) is 0 Å². The van der Waals surface area contributed by atoms with Gasteiger partial charge in [-0.05, 0) is 49.2 Å². The predicted octanol–water partition coefficient (Wildman–Crippen LogP) is 1.55. The van der Waals surface area contributed by atoms with E-state index in [0.29, 0.717) is 10.9 Å². The minimum Gasteiger partial charge on any atom is -0.338 e. The van der Waals surface area contributed by atoms with Crippen molar-refractivity contribution in [3.63, 3.8) is 0 Å². The molecule has 0 atom stereocenters. The zero-order valence-electron chi connectivity index (χ0n) is 17.5. The number of nitrogens with zero attached hydrogens (tertiary/aromatic N) is 4. The smallest absolute Gasteiger partial charge is 0.261 e. The first-order chi connectivity index (χ1) is 14.8. The molecular formula is C22H24N4O4S. The van der Waals surface area contributed by atoms with E-state index in [-0.39, 0.29) is 49.1 Å². The van der Waals surface area contributed by atoms with E-state index in [2.05, 4.69) is 4.98 Å². The van der Waals surface area contributed by atoms with Gasteiger partial charge in [-0.1, -0.05) is 18.2 Å². The van der Waals surface area contributed by atoms with Crippen molar-refractivity contribution >= 4 is 26.8 Å². The molecule has 0 unspecified atom stereocenters. The van der Waals surface area contributed by atoms with Gasteiger partial charge in [0.1, 0.15) is 6.54 Å². The lowest BCUT2D eigenvalue weighted by Gasteiger charge is -2.34. The van der Waals surface area contributed by atoms with Crippen molar-refractivity contribution in [2.75, 3.05) is 26.2 Å². The summed E-state index contributed by atoms with van der Waals surface area (Å²) in [5.41, 5.74) is 2.27. The van der Waals surface area contributed by atoms with Gasteiger partial charge in [-0.15, -0.1) is 0 Å². The molecule has 0 aliphatic carbocycles. The van der Waals surface area contributed by atoms with Gasteiger partial charge in [-0.25, -0.2) is 13.4 Å². The molecule has 3 aromatic rings. The van der Waals surface area contributed by atoms with Gasteiger partial charge in [0, 0.05) is 26.2 Å². The molecule has 162 valence electrons. The SMILES string of the molecule is Cc1ccc(S(=O)(=O)N2CCN(C(=O)Cn3cnc4ccccc4c3=O)CC2)cc1C. The normalized spacial score (nSPS) is 15.4. The van der Waals surface area contributed by atoms with Gasteiger partial charge in [0.05, 0.1) is 22.1 Å². The second-order valence-corrected chi connectivity index (χ2v) is 9.66. The Kier molecular flexibility index (Phi) is 5.63. The molecule has 2 aromatic carbocycles. The summed E-state index contributed by atoms with van der Waals surface area (Å²) < 4.78 is 28.6. The monoisotopic (exact) mass is 440 g/mol. The highest BCUT2D eigenvalue weighted by Gasteiger charge is 2.30. The quantitative estimate of drug-likeness (QED) is 0.614. The van der Waals surface area contributed by atoms with Crippen LogP contribution >= 0.6 is 0 Å². The number of para-hydroxylation sites is 1. The molecule has 0 spiro atoms. The second kappa shape index (κ2) is 8.24. The molecule has 0 saturated carbocycles. The van der Waals surface area contributed by atoms with Crippen LogP contribution in [0.1, 0.15) is 11.1 Å². The van der Waals surface area contributed by atoms with Gasteiger partial charge in [-0.2, -0.15) is 4.31 Å². The summed E-state index contributed by atoms with van der Waals surface area (Å²) in [6.45, 7) is 4.68. The van der Waals surface area contributed by atoms with E-state index in [1.807, 2.05) is 13.8 Å². The summed E-state index contributed by atoms with van der Waals surface area (Å²) in [7, 11) is -3.61. The molecule has 0 bridgehead atoms. The van der Waals surface area contributed by atoms with Crippen LogP contribution in [0.3, 0.4) is 0 Å². The van der Waals surface area contributed by atoms with Crippen molar-refractivity contribution in [2.24, 2.45) is 0 Å². The lowest BCUT2D eigenvalue weighted by molar-refractivity contribution is -0.133. The molecule has 4 rings (SSSR count). The molecule has 1 aliphatic heterocycles. The Balaban J connectivity index is 1.44. The molecule has 0 radical (unpaired) electrons. The molecule has 9 heteroatoms. The largest absolute Gasteiger partial charge is 0.338 e. The van der Waals surface area contributed by atoms with Crippen LogP contribution in [0.2, 0.25) is 0 Å². The second-order valence-electron chi connectivity index (χ2n) is 7.73. The number of carbonyl (C=O) groups excluding carboxylic acids is 1. The van der Waals surface area contributed by atoms with E-state index < -0.39 is 10.0 Å². The fourth-order valence-corrected chi connectivity index (χ4v) is 5.17. The number of benzene rings is 2. The Bertz CT molecular complexity index is 1310. The van der Waals surface area contributed by atoms with E-state index in [9.17, 15) is 18.0 Å². The highest BCUT2D eigenvalue weighted by Crippen LogP contribution is 2.20. The van der Waals surface area contributed by atoms with E-state index in [4.69, 9.17) is 0 Å². The van der Waals surface area contributed by atoms with Crippen molar-refractivity contribution in [3.05, 3.63) is 70.3 Å². The van der Waals surface area contributed by atoms with Gasteiger partial charge in [0.25, 0.3) is 5.56 Å². The van der Waals surface area contributed by atoms with Crippen LogP contribution in [0.15, 0.2) is 58.5 Å². The molecule has 8 nitrogen and oxygen atoms in total. The molecule has 1 amide bonds. The number of aryl methyl sites for hydroxylation is 2. The zero-order chi connectivity index (χ0) is 22.2. The lowest BCUT2D eigenvalue weighted by Crippen LogP contribution is -2.51. The number of hydrogen-bond donors (Lipinski definition) is 0. The Hall–Kier alpha value is -3.04. The summed E-state index contributed by atoms with van der Waals surface area (Å²) in [6, 6.07) is 12.1. The molecule has 2 heterocycles. The third-order valence-electron chi connectivity index (χ3n) is 5.74. The number of fused-ring (bicyclic) bond motifs is 1. The van der Waals surface area contributed by atoms with Crippen molar-refractivity contribution in [2.45, 2.75) is 25.3 Å². The van der Waals surface area contributed by atoms with Crippen molar-refractivity contribution in [1.29, 1.82) is 0 Å². The topological polar surface area (TPSA) is 92.6 Å². The number of hydrogen-bond acceptors (Lipinski definition) is 5. The lowest BCUT2D eigenvalue weighted by atomic mass is 10.1. The Morgan fingerprint density at radius 1 is 1.00 bits per heavy atom. The van der Waals surface area contributed by atoms with Crippen LogP contribution in [0.25, 0.3) is 10.9 Å². The first-order valence-electron chi connectivity index (χ1n) is 10.1. The summed E-state index contributed by atoms with van der Waals surface area (Å²) in [4.78, 5) is 31.4. The van der Waals surface area contributed by atoms with Crippen molar-refractivity contribution < 1.29 is 13.2 Å². The van der Waals surface area contributed by atoms with Crippen molar-refractivity contribution in [3.8, 4) is 0 Å². The average Bonchev–Trinajstić information content (AvgIpc) is 2.77. The minimum absolute atomic E-state index is 0.124. The molecule has 31 heavy (non-hydrogen) atoms. The van der Waals surface area contributed by atoms with E-state index in [1.165, 1.54) is 15.2 Å². The first kappa shape index (κ1) is 21.2. The maximum atomic E-state index is 13.0. The maximum absolute atomic E-state index is 13.0. The zero-order valence-corrected chi connectivity index (χ0v) is 18.3. The fraction of sp³-hybridized carbons (Fsp3) is 0.318. The highest BCUT2D eigenvalue weighted by molar-refractivity contribution is 7.89. The average molecular weight is 441 g/mol. The number of sulfonamides is 1. The summed E-state index contributed by atoms with van der Waals surface area (Å²) in [6.07, 6.45) is 1.38. The van der Waals surface area contributed by atoms with E-state index >= 15 is 0 Å². The van der Waals surface area contributed by atoms with Gasteiger partial charge in [0.2, 0.25) is 15.9 Å². The number of carbonyl (C=O) groups is 1. The van der Waals surface area contributed by atoms with E-state index in [1.54, 1.807) is 47.4 Å². The van der Waals surface area contributed by atoms with Crippen LogP contribution in [0, 0.1) is 13.8 Å². The van der Waals surface area contributed by atoms with Crippen LogP contribution < -0.4 is 5.56 Å². The van der Waals surface area contributed by atoms with Gasteiger partial charge >= 0.3 is 0 Å². The van der Waals surface area contributed by atoms with Crippen LogP contribution in [0.5, 0.6) is 0 Å². The number of amides is 1. The molecule has 1 saturated heterocycles. The third-order valence-corrected chi connectivity index (χ3v) is 7.64. The van der Waals surface area contributed by atoms with Gasteiger partial charge in [-0.3, -0.25) is 14.2 Å². The standard InChI is InChI=1S/C22H24N4O4S/c1-16-7-8-18(13-17(16)2)31(29,30)26-11-9-24(10-12-26)21(27)14-25-15-23-20-6-4-3-5-19(20)22(25)28/h3-8,13,15H,9-12,14H2,1-2H3. The third kappa shape index (κ3) is 4.11. The molecular weight excluding hydrogens is 416 g/mol. The Labute approximate surface area is 180 Å². The summed E-state index contributed by atoms with van der Waals surface area (Å²) in [5, 5.41) is 0.460. The predicted molar refractivity (Wildman–Crippen MR) is 117 cm³/mol. The maximum Gasteiger partial charge on any atom is 0.261 e. The molecule has 0 N–H and O–H groups in total. The highest BCUT2D eigenvalue weighted by atomic mass is 32.2. The summed E-state index contributed by atoms with van der Waals surface area (Å²) >= 11 is 0. The van der Waals surface area contributed by atoms with Crippen LogP contribution in [-0.2, 0) is 21.4 Å². The molecule has 1 fully saturated rings. The van der Waals surface area contributed by atoms with Gasteiger partial charge < -0.3 is 4.90 Å². The Morgan fingerprint density at radius 2 is 1.71 bits per heavy atom. The molecule has 1 aromatic heterocycles. The summed E-state index contributed by atoms with van der Waals surface area (Å²) in [5.74, 6) is -0.234. The van der Waals surface area contributed by atoms with Crippen LogP contribution in [0.4, 0.5) is 0 Å². The minimum atomic E-state index is -3.61. The van der Waals surface area contributed by atoms with Crippen molar-refractivity contribution in [1.82, 2.24) is 18.8 Å². The number of rotatable bonds is 4. The number of aromatic nitrogens is 2. The van der Waals surface area contributed by atoms with E-state index in [0.717, 1.165) is 11.1 Å². The fourth-order valence-electron chi connectivity index (χ4n) is 3.67. The molecule has 1 aliphatic rings. The first-order valence-corrected chi connectivity index (χ1v) is 11.5.